The molecule has 108 valence electrons. The van der Waals surface area contributed by atoms with Crippen molar-refractivity contribution in [2.75, 3.05) is 11.1 Å². The molecule has 0 aliphatic rings. The van der Waals surface area contributed by atoms with E-state index in [0.29, 0.717) is 28.6 Å². The number of aromatic nitrogens is 2. The van der Waals surface area contributed by atoms with Crippen molar-refractivity contribution in [2.45, 2.75) is 11.6 Å². The van der Waals surface area contributed by atoms with E-state index in [1.807, 2.05) is 0 Å². The molecule has 1 aromatic carbocycles. The third-order valence-electron chi connectivity index (χ3n) is 2.56. The summed E-state index contributed by atoms with van der Waals surface area (Å²) in [5.74, 6) is -0.00716. The molecule has 0 radical (unpaired) electrons. The molecule has 0 atom stereocenters. The van der Waals surface area contributed by atoms with Crippen LogP contribution in [0.1, 0.15) is 16.8 Å². The molecule has 0 aliphatic heterocycles. The van der Waals surface area contributed by atoms with Gasteiger partial charge < -0.3 is 11.1 Å². The van der Waals surface area contributed by atoms with Crippen molar-refractivity contribution >= 4 is 29.3 Å². The largest absolute Gasteiger partial charge is 0.366 e. The lowest BCUT2D eigenvalue weighted by molar-refractivity contribution is -0.115. The van der Waals surface area contributed by atoms with Crippen LogP contribution in [0.5, 0.6) is 0 Å². The fourth-order valence-electron chi connectivity index (χ4n) is 1.54. The summed E-state index contributed by atoms with van der Waals surface area (Å²) in [7, 11) is 0. The Hall–Kier alpha value is -2.41. The first-order valence-corrected chi connectivity index (χ1v) is 7.23. The van der Waals surface area contributed by atoms with E-state index in [0.717, 1.165) is 0 Å². The van der Waals surface area contributed by atoms with E-state index in [9.17, 15) is 9.59 Å². The highest BCUT2D eigenvalue weighted by Gasteiger charge is 2.05. The number of nitrogens with zero attached hydrogens (tertiary/aromatic N) is 2. The number of hydrogen-bond acceptors (Lipinski definition) is 5. The van der Waals surface area contributed by atoms with Gasteiger partial charge in [-0.25, -0.2) is 9.97 Å². The lowest BCUT2D eigenvalue weighted by Crippen LogP contribution is -2.13. The number of benzene rings is 1. The molecule has 1 heterocycles. The van der Waals surface area contributed by atoms with Gasteiger partial charge in [-0.05, 0) is 30.3 Å². The zero-order valence-corrected chi connectivity index (χ0v) is 12.0. The lowest BCUT2D eigenvalue weighted by Gasteiger charge is -2.05. The Balaban J connectivity index is 1.78. The third-order valence-corrected chi connectivity index (χ3v) is 3.43. The number of amides is 2. The molecule has 0 spiro atoms. The van der Waals surface area contributed by atoms with Gasteiger partial charge in [-0.3, -0.25) is 9.59 Å². The quantitative estimate of drug-likeness (QED) is 0.625. The summed E-state index contributed by atoms with van der Waals surface area (Å²) in [6.07, 6.45) is 3.67. The van der Waals surface area contributed by atoms with Crippen LogP contribution in [0, 0.1) is 0 Å². The van der Waals surface area contributed by atoms with Crippen molar-refractivity contribution in [1.82, 2.24) is 9.97 Å². The van der Waals surface area contributed by atoms with Crippen LogP contribution in [0.3, 0.4) is 0 Å². The highest BCUT2D eigenvalue weighted by atomic mass is 32.2. The van der Waals surface area contributed by atoms with Crippen molar-refractivity contribution in [1.29, 1.82) is 0 Å². The zero-order valence-electron chi connectivity index (χ0n) is 11.2. The predicted octanol–water partition coefficient (Wildman–Crippen LogP) is 1.70. The average Bonchev–Trinajstić information content (AvgIpc) is 2.49. The molecule has 0 bridgehead atoms. The van der Waals surface area contributed by atoms with Gasteiger partial charge in [0.1, 0.15) is 0 Å². The fourth-order valence-corrected chi connectivity index (χ4v) is 2.28. The maximum atomic E-state index is 11.8. The van der Waals surface area contributed by atoms with Gasteiger partial charge in [0.05, 0.1) is 0 Å². The van der Waals surface area contributed by atoms with Crippen molar-refractivity contribution in [3.63, 3.8) is 0 Å². The third kappa shape index (κ3) is 4.88. The Labute approximate surface area is 126 Å². The minimum Gasteiger partial charge on any atom is -0.366 e. The molecule has 0 unspecified atom stereocenters. The Kier molecular flexibility index (Phi) is 5.28. The van der Waals surface area contributed by atoms with E-state index >= 15 is 0 Å². The minimum absolute atomic E-state index is 0.106. The monoisotopic (exact) mass is 302 g/mol. The molecule has 21 heavy (non-hydrogen) atoms. The van der Waals surface area contributed by atoms with Gasteiger partial charge in [-0.2, -0.15) is 0 Å². The summed E-state index contributed by atoms with van der Waals surface area (Å²) in [6, 6.07) is 8.18. The number of thioether (sulfide) groups is 1. The first-order valence-electron chi connectivity index (χ1n) is 6.24. The van der Waals surface area contributed by atoms with Crippen LogP contribution in [-0.4, -0.2) is 27.5 Å². The van der Waals surface area contributed by atoms with Crippen LogP contribution in [-0.2, 0) is 4.79 Å². The number of rotatable bonds is 6. The summed E-state index contributed by atoms with van der Waals surface area (Å²) >= 11 is 1.42. The number of nitrogens with one attached hydrogen (secondary N) is 1. The first-order chi connectivity index (χ1) is 10.1. The molecule has 2 amide bonds. The number of primary amides is 1. The van der Waals surface area contributed by atoms with Crippen LogP contribution in [0.15, 0.2) is 47.9 Å². The van der Waals surface area contributed by atoms with Crippen LogP contribution >= 0.6 is 11.8 Å². The van der Waals surface area contributed by atoms with Crippen molar-refractivity contribution in [2.24, 2.45) is 5.73 Å². The number of anilines is 1. The van der Waals surface area contributed by atoms with E-state index in [1.165, 1.54) is 11.8 Å². The molecular weight excluding hydrogens is 288 g/mol. The van der Waals surface area contributed by atoms with Gasteiger partial charge >= 0.3 is 0 Å². The molecule has 7 heteroatoms. The Morgan fingerprint density at radius 3 is 2.43 bits per heavy atom. The fraction of sp³-hybridized carbons (Fsp3) is 0.143. The number of carbonyl (C=O) groups is 2. The summed E-state index contributed by atoms with van der Waals surface area (Å²) < 4.78 is 0. The first kappa shape index (κ1) is 15.0. The van der Waals surface area contributed by atoms with E-state index in [4.69, 9.17) is 5.73 Å². The van der Waals surface area contributed by atoms with Crippen LogP contribution in [0.25, 0.3) is 0 Å². The second kappa shape index (κ2) is 7.39. The van der Waals surface area contributed by atoms with Crippen LogP contribution in [0.4, 0.5) is 5.69 Å². The highest BCUT2D eigenvalue weighted by Crippen LogP contribution is 2.14. The smallest absolute Gasteiger partial charge is 0.248 e. The summed E-state index contributed by atoms with van der Waals surface area (Å²) in [4.78, 5) is 30.8. The van der Waals surface area contributed by atoms with Gasteiger partial charge in [-0.1, -0.05) is 11.8 Å². The second-order valence-electron chi connectivity index (χ2n) is 4.12. The standard InChI is InChI=1S/C14H14N4O2S/c15-13(20)10-2-4-11(5-3-10)18-12(19)6-9-21-14-16-7-1-8-17-14/h1-5,7-8H,6,9H2,(H2,15,20)(H,18,19). The molecule has 0 saturated heterocycles. The van der Waals surface area contributed by atoms with Gasteiger partial charge in [-0.15, -0.1) is 0 Å². The predicted molar refractivity (Wildman–Crippen MR) is 81.0 cm³/mol. The van der Waals surface area contributed by atoms with Crippen LogP contribution in [0.2, 0.25) is 0 Å². The maximum Gasteiger partial charge on any atom is 0.248 e. The topological polar surface area (TPSA) is 98.0 Å². The molecule has 2 rings (SSSR count). The van der Waals surface area contributed by atoms with Gasteiger partial charge in [0.15, 0.2) is 5.16 Å². The minimum atomic E-state index is -0.493. The molecule has 3 N–H and O–H groups in total. The van der Waals surface area contributed by atoms with Gasteiger partial charge in [0, 0.05) is 35.8 Å². The Bertz CT molecular complexity index is 617. The van der Waals surface area contributed by atoms with E-state index < -0.39 is 5.91 Å². The molecule has 6 nitrogen and oxygen atoms in total. The van der Waals surface area contributed by atoms with E-state index in [1.54, 1.807) is 42.7 Å². The Morgan fingerprint density at radius 1 is 1.14 bits per heavy atom. The van der Waals surface area contributed by atoms with E-state index in [-0.39, 0.29) is 5.91 Å². The number of nitrogens with two attached hydrogens (primary N) is 1. The maximum absolute atomic E-state index is 11.8. The second-order valence-corrected chi connectivity index (χ2v) is 5.18. The summed E-state index contributed by atoms with van der Waals surface area (Å²) in [5.41, 5.74) is 6.18. The molecule has 2 aromatic rings. The summed E-state index contributed by atoms with van der Waals surface area (Å²) in [5, 5.41) is 3.40. The molecule has 0 fully saturated rings. The molecule has 1 aromatic heterocycles. The number of carbonyl (C=O) groups excluding carboxylic acids is 2. The molecule has 0 aliphatic carbocycles. The van der Waals surface area contributed by atoms with Crippen molar-refractivity contribution < 1.29 is 9.59 Å². The van der Waals surface area contributed by atoms with Gasteiger partial charge in [0.2, 0.25) is 11.8 Å². The average molecular weight is 302 g/mol. The normalized spacial score (nSPS) is 10.1. The van der Waals surface area contributed by atoms with E-state index in [2.05, 4.69) is 15.3 Å². The summed E-state index contributed by atoms with van der Waals surface area (Å²) in [6.45, 7) is 0. The number of hydrogen-bond donors (Lipinski definition) is 2. The van der Waals surface area contributed by atoms with Crippen LogP contribution < -0.4 is 11.1 Å². The molecular formula is C14H14N4O2S. The van der Waals surface area contributed by atoms with Crippen molar-refractivity contribution in [3.8, 4) is 0 Å². The highest BCUT2D eigenvalue weighted by molar-refractivity contribution is 7.99. The van der Waals surface area contributed by atoms with Gasteiger partial charge in [0.25, 0.3) is 0 Å². The van der Waals surface area contributed by atoms with Crippen molar-refractivity contribution in [3.05, 3.63) is 48.3 Å². The lowest BCUT2D eigenvalue weighted by atomic mass is 10.2. The zero-order chi connectivity index (χ0) is 15.1. The SMILES string of the molecule is NC(=O)c1ccc(NC(=O)CCSc2ncccn2)cc1. The Morgan fingerprint density at radius 2 is 1.81 bits per heavy atom. The molecule has 0 saturated carbocycles.